The van der Waals surface area contributed by atoms with E-state index in [-0.39, 0.29) is 27.9 Å². The lowest BCUT2D eigenvalue weighted by atomic mass is 10.1. The maximum atomic E-state index is 12.8. The van der Waals surface area contributed by atoms with Gasteiger partial charge in [0, 0.05) is 25.5 Å². The number of ether oxygens (including phenoxy) is 2. The Hall–Kier alpha value is -3.19. The van der Waals surface area contributed by atoms with Gasteiger partial charge in [-0.25, -0.2) is 18.4 Å². The number of halogens is 3. The zero-order valence-electron chi connectivity index (χ0n) is 18.0. The molecule has 33 heavy (non-hydrogen) atoms. The number of benzene rings is 1. The van der Waals surface area contributed by atoms with Crippen molar-refractivity contribution in [3.63, 3.8) is 0 Å². The van der Waals surface area contributed by atoms with Crippen LogP contribution in [-0.2, 0) is 14.6 Å². The van der Waals surface area contributed by atoms with Crippen LogP contribution in [0.15, 0.2) is 35.2 Å². The van der Waals surface area contributed by atoms with Gasteiger partial charge in [-0.15, -0.1) is 0 Å². The van der Waals surface area contributed by atoms with Crippen LogP contribution in [0.25, 0.3) is 22.3 Å². The second-order valence-corrected chi connectivity index (χ2v) is 8.97. The fraction of sp³-hybridized carbons (Fsp3) is 0.350. The lowest BCUT2D eigenvalue weighted by Gasteiger charge is -2.14. The van der Waals surface area contributed by atoms with Gasteiger partial charge >= 0.3 is 6.18 Å². The summed E-state index contributed by atoms with van der Waals surface area (Å²) in [6.45, 7) is -0.611. The molecule has 0 unspecified atom stereocenters. The van der Waals surface area contributed by atoms with Crippen molar-refractivity contribution < 1.29 is 31.1 Å². The molecule has 0 radical (unpaired) electrons. The maximum absolute atomic E-state index is 12.8. The standard InChI is InChI=1S/C20H22F3N5O4S/c1-31-9-8-24-19-27-14-6-5-13(26-17(14)18(28-19)25-11-20(21,22)23)12-4-7-15(32-2)16(10-12)33(3,29)30/h4-7,10H,8-9,11H2,1-3H3,(H2,24,25,27,28). The number of hydrogen-bond donors (Lipinski definition) is 2. The number of aromatic nitrogens is 3. The molecule has 0 aliphatic heterocycles. The third-order valence-electron chi connectivity index (χ3n) is 4.45. The van der Waals surface area contributed by atoms with Crippen LogP contribution in [0.4, 0.5) is 24.9 Å². The Labute approximate surface area is 188 Å². The normalized spacial score (nSPS) is 12.1. The van der Waals surface area contributed by atoms with E-state index in [0.29, 0.717) is 29.9 Å². The summed E-state index contributed by atoms with van der Waals surface area (Å²) in [5, 5.41) is 5.15. The van der Waals surface area contributed by atoms with E-state index in [4.69, 9.17) is 9.47 Å². The van der Waals surface area contributed by atoms with E-state index in [1.165, 1.54) is 26.4 Å². The van der Waals surface area contributed by atoms with Crippen molar-refractivity contribution in [3.8, 4) is 17.0 Å². The number of fused-ring (bicyclic) bond motifs is 1. The van der Waals surface area contributed by atoms with Gasteiger partial charge in [-0.05, 0) is 30.3 Å². The van der Waals surface area contributed by atoms with Crippen LogP contribution in [0.2, 0.25) is 0 Å². The van der Waals surface area contributed by atoms with Gasteiger partial charge in [0.05, 0.1) is 24.9 Å². The van der Waals surface area contributed by atoms with Gasteiger partial charge in [-0.1, -0.05) is 0 Å². The number of methoxy groups -OCH3 is 2. The number of alkyl halides is 3. The van der Waals surface area contributed by atoms with Crippen molar-refractivity contribution in [1.29, 1.82) is 0 Å². The Bertz CT molecular complexity index is 1250. The van der Waals surface area contributed by atoms with Crippen LogP contribution in [0.3, 0.4) is 0 Å². The molecule has 9 nitrogen and oxygen atoms in total. The summed E-state index contributed by atoms with van der Waals surface area (Å²) < 4.78 is 72.8. The van der Waals surface area contributed by atoms with E-state index in [1.807, 2.05) is 0 Å². The first-order valence-corrected chi connectivity index (χ1v) is 11.5. The van der Waals surface area contributed by atoms with Gasteiger partial charge in [-0.3, -0.25) is 0 Å². The summed E-state index contributed by atoms with van der Waals surface area (Å²) in [5.41, 5.74) is 1.16. The molecule has 0 atom stereocenters. The van der Waals surface area contributed by atoms with Gasteiger partial charge in [0.25, 0.3) is 0 Å². The molecule has 0 saturated carbocycles. The number of nitrogens with one attached hydrogen (secondary N) is 2. The third kappa shape index (κ3) is 6.20. The van der Waals surface area contributed by atoms with Crippen molar-refractivity contribution in [2.45, 2.75) is 11.1 Å². The monoisotopic (exact) mass is 485 g/mol. The van der Waals surface area contributed by atoms with Crippen LogP contribution in [0, 0.1) is 0 Å². The summed E-state index contributed by atoms with van der Waals surface area (Å²) >= 11 is 0. The molecule has 3 rings (SSSR count). The first-order valence-electron chi connectivity index (χ1n) is 9.62. The minimum absolute atomic E-state index is 0.0336. The van der Waals surface area contributed by atoms with Gasteiger partial charge in [0.15, 0.2) is 15.7 Å². The lowest BCUT2D eigenvalue weighted by Crippen LogP contribution is -2.22. The maximum Gasteiger partial charge on any atom is 0.405 e. The van der Waals surface area contributed by atoms with Gasteiger partial charge in [0.2, 0.25) is 5.95 Å². The lowest BCUT2D eigenvalue weighted by molar-refractivity contribution is -0.115. The van der Waals surface area contributed by atoms with Crippen LogP contribution in [0.5, 0.6) is 5.75 Å². The fourth-order valence-corrected chi connectivity index (χ4v) is 3.81. The SMILES string of the molecule is COCCNc1nc(NCC(F)(F)F)c2nc(-c3ccc(OC)c(S(C)(=O)=O)c3)ccc2n1. The van der Waals surface area contributed by atoms with Crippen molar-refractivity contribution in [3.05, 3.63) is 30.3 Å². The number of sulfone groups is 1. The minimum atomic E-state index is -4.47. The number of hydrogen-bond acceptors (Lipinski definition) is 9. The third-order valence-corrected chi connectivity index (χ3v) is 5.56. The number of pyridine rings is 1. The molecule has 178 valence electrons. The fourth-order valence-electron chi connectivity index (χ4n) is 2.95. The molecule has 0 bridgehead atoms. The van der Waals surface area contributed by atoms with Crippen molar-refractivity contribution in [1.82, 2.24) is 15.0 Å². The second kappa shape index (κ2) is 9.75. The van der Waals surface area contributed by atoms with E-state index in [0.717, 1.165) is 6.26 Å². The Kier molecular flexibility index (Phi) is 7.22. The van der Waals surface area contributed by atoms with E-state index in [9.17, 15) is 21.6 Å². The van der Waals surface area contributed by atoms with Crippen molar-refractivity contribution in [2.24, 2.45) is 0 Å². The summed E-state index contributed by atoms with van der Waals surface area (Å²) in [7, 11) is -0.736. The highest BCUT2D eigenvalue weighted by Crippen LogP contribution is 2.31. The molecule has 0 spiro atoms. The average molecular weight is 485 g/mol. The highest BCUT2D eigenvalue weighted by atomic mass is 32.2. The Morgan fingerprint density at radius 3 is 2.42 bits per heavy atom. The van der Waals surface area contributed by atoms with Gasteiger partial charge in [-0.2, -0.15) is 18.2 Å². The molecule has 1 aromatic carbocycles. The van der Waals surface area contributed by atoms with E-state index in [1.54, 1.807) is 18.2 Å². The van der Waals surface area contributed by atoms with Crippen molar-refractivity contribution in [2.75, 3.05) is 50.8 Å². The second-order valence-electron chi connectivity index (χ2n) is 6.99. The van der Waals surface area contributed by atoms with E-state index < -0.39 is 22.6 Å². The molecule has 2 N–H and O–H groups in total. The topological polar surface area (TPSA) is 115 Å². The van der Waals surface area contributed by atoms with Gasteiger partial charge < -0.3 is 20.1 Å². The molecular weight excluding hydrogens is 463 g/mol. The molecule has 0 aliphatic carbocycles. The molecule has 0 aliphatic rings. The average Bonchev–Trinajstić information content (AvgIpc) is 2.75. The molecule has 2 aromatic heterocycles. The summed E-state index contributed by atoms with van der Waals surface area (Å²) in [6, 6.07) is 7.65. The first-order chi connectivity index (χ1) is 15.5. The van der Waals surface area contributed by atoms with E-state index >= 15 is 0 Å². The summed E-state index contributed by atoms with van der Waals surface area (Å²) in [4.78, 5) is 12.8. The quantitative estimate of drug-likeness (QED) is 0.441. The number of anilines is 2. The number of nitrogens with zero attached hydrogens (tertiary/aromatic N) is 3. The Balaban J connectivity index is 2.09. The Morgan fingerprint density at radius 1 is 1.03 bits per heavy atom. The molecule has 0 amide bonds. The predicted octanol–water partition coefficient (Wildman–Crippen LogP) is 3.14. The summed E-state index contributed by atoms with van der Waals surface area (Å²) in [5.74, 6) is 0.170. The van der Waals surface area contributed by atoms with Crippen LogP contribution >= 0.6 is 0 Å². The van der Waals surface area contributed by atoms with E-state index in [2.05, 4.69) is 25.6 Å². The molecule has 3 aromatic rings. The molecule has 0 fully saturated rings. The van der Waals surface area contributed by atoms with Crippen LogP contribution in [0.1, 0.15) is 0 Å². The van der Waals surface area contributed by atoms with Crippen LogP contribution in [-0.4, -0.2) is 69.7 Å². The molecule has 2 heterocycles. The minimum Gasteiger partial charge on any atom is -0.495 e. The first kappa shape index (κ1) is 24.5. The number of rotatable bonds is 9. The smallest absolute Gasteiger partial charge is 0.405 e. The van der Waals surface area contributed by atoms with Crippen molar-refractivity contribution >= 4 is 32.6 Å². The molecular formula is C20H22F3N5O4S. The zero-order valence-corrected chi connectivity index (χ0v) is 18.8. The van der Waals surface area contributed by atoms with Crippen LogP contribution < -0.4 is 15.4 Å². The zero-order chi connectivity index (χ0) is 24.2. The highest BCUT2D eigenvalue weighted by Gasteiger charge is 2.27. The molecule has 13 heteroatoms. The largest absolute Gasteiger partial charge is 0.495 e. The van der Waals surface area contributed by atoms with Gasteiger partial charge in [0.1, 0.15) is 22.7 Å². The highest BCUT2D eigenvalue weighted by molar-refractivity contribution is 7.90. The molecule has 0 saturated heterocycles. The predicted molar refractivity (Wildman–Crippen MR) is 117 cm³/mol. The summed E-state index contributed by atoms with van der Waals surface area (Å²) in [6.07, 6.45) is -3.42. The Morgan fingerprint density at radius 2 is 1.79 bits per heavy atom.